The minimum absolute atomic E-state index is 0.142. The number of aromatic nitrogens is 1. The van der Waals surface area contributed by atoms with Crippen LogP contribution in [-0.4, -0.2) is 10.7 Å². The fourth-order valence-corrected chi connectivity index (χ4v) is 4.56. The normalized spacial score (nSPS) is 15.8. The zero-order valence-corrected chi connectivity index (χ0v) is 17.2. The van der Waals surface area contributed by atoms with E-state index in [2.05, 4.69) is 22.0 Å². The first kappa shape index (κ1) is 19.0. The average molecular weight is 417 g/mol. The van der Waals surface area contributed by atoms with Crippen LogP contribution in [0.2, 0.25) is 0 Å². The summed E-state index contributed by atoms with van der Waals surface area (Å²) in [4.78, 5) is 18.2. The number of nitrogens with zero attached hydrogens (tertiary/aromatic N) is 2. The van der Waals surface area contributed by atoms with Gasteiger partial charge in [0.15, 0.2) is 0 Å². The Bertz CT molecular complexity index is 865. The van der Waals surface area contributed by atoms with E-state index >= 15 is 0 Å². The van der Waals surface area contributed by atoms with Gasteiger partial charge in [0.2, 0.25) is 0 Å². The highest BCUT2D eigenvalue weighted by molar-refractivity contribution is 9.10. The lowest BCUT2D eigenvalue weighted by atomic mass is 9.84. The van der Waals surface area contributed by atoms with Gasteiger partial charge >= 0.3 is 5.97 Å². The summed E-state index contributed by atoms with van der Waals surface area (Å²) in [7, 11) is 0. The van der Waals surface area contributed by atoms with Gasteiger partial charge in [-0.2, -0.15) is 9.99 Å². The molecule has 4 nitrogen and oxygen atoms in total. The summed E-state index contributed by atoms with van der Waals surface area (Å²) in [6.45, 7) is 6.04. The van der Waals surface area contributed by atoms with Crippen molar-refractivity contribution in [2.75, 3.05) is 0 Å². The molecule has 1 fully saturated rings. The molecule has 0 unspecified atom stereocenters. The maximum Gasteiger partial charge on any atom is 0.333 e. The summed E-state index contributed by atoms with van der Waals surface area (Å²) < 4.78 is 2.38. The van der Waals surface area contributed by atoms with Crippen LogP contribution in [0.25, 0.3) is 10.9 Å². The molecule has 138 valence electrons. The molecule has 5 heteroatoms. The summed E-state index contributed by atoms with van der Waals surface area (Å²) in [5.74, 6) is 0.184. The number of halogens is 1. The Hall–Kier alpha value is -1.80. The van der Waals surface area contributed by atoms with Gasteiger partial charge in [-0.25, -0.2) is 4.79 Å². The van der Waals surface area contributed by atoms with Gasteiger partial charge in [0.1, 0.15) is 4.60 Å². The van der Waals surface area contributed by atoms with E-state index in [1.165, 1.54) is 24.8 Å². The monoisotopic (exact) mass is 416 g/mol. The molecule has 26 heavy (non-hydrogen) atoms. The first-order chi connectivity index (χ1) is 12.3. The van der Waals surface area contributed by atoms with Gasteiger partial charge in [0.25, 0.3) is 0 Å². The molecule has 0 saturated heterocycles. The van der Waals surface area contributed by atoms with Crippen molar-refractivity contribution in [3.05, 3.63) is 33.9 Å². The third kappa shape index (κ3) is 3.96. The molecule has 0 aliphatic heterocycles. The largest absolute Gasteiger partial charge is 0.335 e. The maximum absolute atomic E-state index is 12.4. The lowest BCUT2D eigenvalue weighted by Crippen LogP contribution is -2.24. The average Bonchev–Trinajstić information content (AvgIpc) is 2.85. The fourth-order valence-electron chi connectivity index (χ4n) is 3.76. The van der Waals surface area contributed by atoms with Gasteiger partial charge in [0, 0.05) is 5.39 Å². The van der Waals surface area contributed by atoms with Crippen molar-refractivity contribution in [3.63, 3.8) is 0 Å². The summed E-state index contributed by atoms with van der Waals surface area (Å²) in [6.07, 6.45) is 6.36. The van der Waals surface area contributed by atoms with Crippen molar-refractivity contribution >= 4 is 32.8 Å². The van der Waals surface area contributed by atoms with E-state index < -0.39 is 0 Å². The molecular weight excluding hydrogens is 392 g/mol. The Kier molecular flexibility index (Phi) is 5.43. The highest BCUT2D eigenvalue weighted by Gasteiger charge is 2.27. The van der Waals surface area contributed by atoms with E-state index in [1.54, 1.807) is 10.8 Å². The molecule has 1 heterocycles. The Morgan fingerprint density at radius 2 is 2.00 bits per heavy atom. The molecule has 2 aromatic rings. The van der Waals surface area contributed by atoms with Crippen LogP contribution < -0.4 is 4.84 Å². The Labute approximate surface area is 163 Å². The first-order valence-corrected chi connectivity index (χ1v) is 10.0. The number of carbonyl (C=O) groups is 1. The standard InChI is InChI=1S/C21H25BrN2O2/c1-21(2,3)12-18(25)26-24-17-11-14(13-23)9-10-16(17)19(20(24)22)15-7-5-4-6-8-15/h9-11,15H,4-8,12H2,1-3H3. The zero-order valence-electron chi connectivity index (χ0n) is 15.6. The van der Waals surface area contributed by atoms with Gasteiger partial charge in [-0.3, -0.25) is 0 Å². The van der Waals surface area contributed by atoms with Gasteiger partial charge in [0.05, 0.1) is 23.6 Å². The first-order valence-electron chi connectivity index (χ1n) is 9.25. The molecule has 0 amide bonds. The van der Waals surface area contributed by atoms with Gasteiger partial charge < -0.3 is 4.84 Å². The molecule has 1 saturated carbocycles. The second kappa shape index (κ2) is 7.44. The molecule has 1 aromatic heterocycles. The molecule has 0 atom stereocenters. The lowest BCUT2D eigenvalue weighted by Gasteiger charge is -2.22. The number of rotatable bonds is 3. The van der Waals surface area contributed by atoms with Crippen LogP contribution in [0.5, 0.6) is 0 Å². The Balaban J connectivity index is 2.07. The van der Waals surface area contributed by atoms with E-state index in [1.807, 2.05) is 32.9 Å². The van der Waals surface area contributed by atoms with Crippen LogP contribution in [0.4, 0.5) is 0 Å². The van der Waals surface area contributed by atoms with E-state index in [0.717, 1.165) is 28.3 Å². The van der Waals surface area contributed by atoms with Crippen LogP contribution in [-0.2, 0) is 4.79 Å². The number of fused-ring (bicyclic) bond motifs is 1. The van der Waals surface area contributed by atoms with Gasteiger partial charge in [-0.15, -0.1) is 0 Å². The molecule has 1 aromatic carbocycles. The topological polar surface area (TPSA) is 55.0 Å². The second-order valence-corrected chi connectivity index (χ2v) is 9.13. The van der Waals surface area contributed by atoms with Crippen molar-refractivity contribution in [2.45, 2.75) is 65.2 Å². The summed E-state index contributed by atoms with van der Waals surface area (Å²) >= 11 is 3.69. The zero-order chi connectivity index (χ0) is 18.9. The third-order valence-electron chi connectivity index (χ3n) is 4.92. The SMILES string of the molecule is CC(C)(C)CC(=O)On1c(Br)c(C2CCCCC2)c2ccc(C#N)cc21. The maximum atomic E-state index is 12.4. The summed E-state index contributed by atoms with van der Waals surface area (Å²) in [5.41, 5.74) is 2.40. The molecule has 0 N–H and O–H groups in total. The van der Waals surface area contributed by atoms with Gasteiger partial charge in [-0.1, -0.05) is 46.1 Å². The Morgan fingerprint density at radius 3 is 2.62 bits per heavy atom. The number of hydrogen-bond acceptors (Lipinski definition) is 3. The third-order valence-corrected chi connectivity index (χ3v) is 5.67. The van der Waals surface area contributed by atoms with E-state index in [0.29, 0.717) is 17.9 Å². The van der Waals surface area contributed by atoms with Crippen molar-refractivity contribution < 1.29 is 9.63 Å². The summed E-state index contributed by atoms with van der Waals surface area (Å²) in [5, 5.41) is 10.3. The molecule has 1 aliphatic carbocycles. The van der Waals surface area contributed by atoms with Crippen LogP contribution in [0.15, 0.2) is 22.8 Å². The minimum atomic E-state index is -0.271. The van der Waals surface area contributed by atoms with Crippen LogP contribution in [0, 0.1) is 16.7 Å². The van der Waals surface area contributed by atoms with Gasteiger partial charge in [-0.05, 0) is 57.8 Å². The summed E-state index contributed by atoms with van der Waals surface area (Å²) in [6, 6.07) is 7.80. The number of nitriles is 1. The molecule has 0 spiro atoms. The number of hydrogen-bond donors (Lipinski definition) is 0. The minimum Gasteiger partial charge on any atom is -0.335 e. The van der Waals surface area contributed by atoms with E-state index in [4.69, 9.17) is 4.84 Å². The second-order valence-electron chi connectivity index (χ2n) is 8.38. The molecule has 0 bridgehead atoms. The number of benzene rings is 1. The van der Waals surface area contributed by atoms with Crippen LogP contribution in [0.3, 0.4) is 0 Å². The lowest BCUT2D eigenvalue weighted by molar-refractivity contribution is -0.145. The van der Waals surface area contributed by atoms with Crippen molar-refractivity contribution in [3.8, 4) is 6.07 Å². The molecule has 1 aliphatic rings. The van der Waals surface area contributed by atoms with Crippen molar-refractivity contribution in [1.29, 1.82) is 5.26 Å². The van der Waals surface area contributed by atoms with Crippen molar-refractivity contribution in [1.82, 2.24) is 4.73 Å². The fraction of sp³-hybridized carbons (Fsp3) is 0.524. The quantitative estimate of drug-likeness (QED) is 0.642. The van der Waals surface area contributed by atoms with Crippen molar-refractivity contribution in [2.24, 2.45) is 5.41 Å². The molecular formula is C21H25BrN2O2. The smallest absolute Gasteiger partial charge is 0.333 e. The predicted molar refractivity (Wildman–Crippen MR) is 106 cm³/mol. The van der Waals surface area contributed by atoms with Crippen LogP contribution in [0.1, 0.15) is 76.3 Å². The van der Waals surface area contributed by atoms with E-state index in [-0.39, 0.29) is 11.4 Å². The van der Waals surface area contributed by atoms with E-state index in [9.17, 15) is 10.1 Å². The number of carbonyl (C=O) groups excluding carboxylic acids is 1. The molecule has 0 radical (unpaired) electrons. The Morgan fingerprint density at radius 1 is 1.31 bits per heavy atom. The predicted octanol–water partition coefficient (Wildman–Crippen LogP) is 5.71. The van der Waals surface area contributed by atoms with Crippen LogP contribution >= 0.6 is 15.9 Å². The molecule has 3 rings (SSSR count). The highest BCUT2D eigenvalue weighted by atomic mass is 79.9. The highest BCUT2D eigenvalue weighted by Crippen LogP contribution is 2.42.